The van der Waals surface area contributed by atoms with Crippen molar-refractivity contribution in [1.82, 2.24) is 19.7 Å². The standard InChI is InChI=1S/C14H7ClF3NO5.C13H12F3N5O5S/c15-10-5-7(14(16,17)18)1-4-12(10)24-8-2-3-11(19(22)23)9(6-8)13(20)21;1-25-8-6-9(26-2)19-11(18-8)20-12(22)21-27(23,24)10-7(13(14,15)16)4-3-5-17-10/h1-6H,(H,20,21);3-6H,1-2H3,(H2,18,19,20,21,22). The molecule has 0 bridgehead atoms. The number of hydrogen-bond acceptors (Lipinski definition) is 12. The normalized spacial score (nSPS) is 11.4. The molecule has 0 unspecified atom stereocenters. The average molecular weight is 769 g/mol. The topological polar surface area (TPSA) is 222 Å². The van der Waals surface area contributed by atoms with Crippen molar-refractivity contribution in [2.75, 3.05) is 19.5 Å². The molecule has 16 nitrogen and oxygen atoms in total. The van der Waals surface area contributed by atoms with Crippen LogP contribution in [0, 0.1) is 10.1 Å². The Morgan fingerprint density at radius 2 is 1.57 bits per heavy atom. The predicted octanol–water partition coefficient (Wildman–Crippen LogP) is 6.18. The SMILES string of the molecule is COc1cc(OC)nc(NC(=O)NS(=O)(=O)c2ncccc2C(F)(F)F)n1.O=C(O)c1cc(Oc2ccc(C(F)(F)F)cc2Cl)ccc1[N+](=O)[O-]. The fraction of sp³-hybridized carbons (Fsp3) is 0.148. The number of sulfonamides is 1. The minimum Gasteiger partial charge on any atom is -0.481 e. The Morgan fingerprint density at radius 1 is 0.941 bits per heavy atom. The van der Waals surface area contributed by atoms with Gasteiger partial charge in [-0.25, -0.2) is 19.3 Å². The molecule has 2 heterocycles. The number of amides is 2. The number of hydrogen-bond donors (Lipinski definition) is 3. The van der Waals surface area contributed by atoms with Crippen molar-refractivity contribution in [2.45, 2.75) is 17.4 Å². The highest BCUT2D eigenvalue weighted by Crippen LogP contribution is 2.37. The van der Waals surface area contributed by atoms with E-state index in [1.54, 1.807) is 0 Å². The number of anilines is 1. The number of carbonyl (C=O) groups is 2. The number of rotatable bonds is 9. The number of pyridine rings is 1. The Balaban J connectivity index is 0.000000277. The zero-order valence-electron chi connectivity index (χ0n) is 25.2. The minimum absolute atomic E-state index is 0.0101. The number of halogens is 7. The van der Waals surface area contributed by atoms with Crippen molar-refractivity contribution in [2.24, 2.45) is 0 Å². The van der Waals surface area contributed by atoms with Crippen LogP contribution < -0.4 is 24.2 Å². The third-order valence-electron chi connectivity index (χ3n) is 5.76. The number of nitrogens with zero attached hydrogens (tertiary/aromatic N) is 4. The molecule has 24 heteroatoms. The highest BCUT2D eigenvalue weighted by molar-refractivity contribution is 7.90. The Hall–Kier alpha value is -5.97. The maximum atomic E-state index is 12.9. The zero-order valence-corrected chi connectivity index (χ0v) is 26.8. The van der Waals surface area contributed by atoms with Gasteiger partial charge in [0.1, 0.15) is 17.1 Å². The van der Waals surface area contributed by atoms with Crippen LogP contribution in [0.15, 0.2) is 65.8 Å². The minimum atomic E-state index is -4.99. The molecule has 0 atom stereocenters. The van der Waals surface area contributed by atoms with E-state index in [0.29, 0.717) is 12.1 Å². The number of aromatic nitrogens is 3. The van der Waals surface area contributed by atoms with E-state index in [-0.39, 0.29) is 28.3 Å². The summed E-state index contributed by atoms with van der Waals surface area (Å²) in [4.78, 5) is 43.5. The fourth-order valence-electron chi connectivity index (χ4n) is 3.58. The lowest BCUT2D eigenvalue weighted by Crippen LogP contribution is -2.36. The van der Waals surface area contributed by atoms with E-state index in [0.717, 1.165) is 42.6 Å². The van der Waals surface area contributed by atoms with Gasteiger partial charge in [-0.15, -0.1) is 0 Å². The van der Waals surface area contributed by atoms with Gasteiger partial charge in [-0.2, -0.15) is 44.7 Å². The first kappa shape index (κ1) is 39.5. The van der Waals surface area contributed by atoms with Crippen LogP contribution in [0.4, 0.5) is 42.8 Å². The number of carboxylic acids is 1. The molecule has 0 spiro atoms. The van der Waals surface area contributed by atoms with Crippen LogP contribution >= 0.6 is 11.6 Å². The van der Waals surface area contributed by atoms with Crippen LogP contribution in [0.1, 0.15) is 21.5 Å². The number of urea groups is 1. The van der Waals surface area contributed by atoms with E-state index in [1.165, 1.54) is 25.0 Å². The summed E-state index contributed by atoms with van der Waals surface area (Å²) in [6, 6.07) is 6.57. The molecule has 51 heavy (non-hydrogen) atoms. The Labute approximate surface area is 286 Å². The van der Waals surface area contributed by atoms with Crippen LogP contribution in [0.2, 0.25) is 5.02 Å². The van der Waals surface area contributed by atoms with Crippen molar-refractivity contribution in [3.8, 4) is 23.3 Å². The number of methoxy groups -OCH3 is 2. The number of aromatic carboxylic acids is 1. The molecule has 4 aromatic rings. The van der Waals surface area contributed by atoms with Crippen molar-refractivity contribution in [1.29, 1.82) is 0 Å². The molecule has 0 fully saturated rings. The molecule has 2 aromatic heterocycles. The van der Waals surface area contributed by atoms with Crippen molar-refractivity contribution >= 4 is 45.3 Å². The molecular weight excluding hydrogens is 750 g/mol. The number of carbonyl (C=O) groups excluding carboxylic acids is 1. The fourth-order valence-corrected chi connectivity index (χ4v) is 4.87. The first-order valence-corrected chi connectivity index (χ1v) is 14.9. The number of nitro benzene ring substituents is 1. The van der Waals surface area contributed by atoms with Gasteiger partial charge in [-0.1, -0.05) is 11.6 Å². The van der Waals surface area contributed by atoms with Crippen LogP contribution in [0.5, 0.6) is 23.3 Å². The molecule has 3 N–H and O–H groups in total. The summed E-state index contributed by atoms with van der Waals surface area (Å²) in [6.45, 7) is 0. The molecule has 2 aromatic carbocycles. The maximum Gasteiger partial charge on any atom is 0.419 e. The van der Waals surface area contributed by atoms with Gasteiger partial charge in [0.15, 0.2) is 5.03 Å². The summed E-state index contributed by atoms with van der Waals surface area (Å²) in [5.41, 5.74) is -3.77. The summed E-state index contributed by atoms with van der Waals surface area (Å²) < 4.78 is 117. The molecule has 2 amide bonds. The van der Waals surface area contributed by atoms with Gasteiger partial charge >= 0.3 is 24.4 Å². The number of ether oxygens (including phenoxy) is 3. The second-order valence-corrected chi connectivity index (χ2v) is 11.2. The number of alkyl halides is 6. The zero-order chi connectivity index (χ0) is 38.3. The van der Waals surface area contributed by atoms with Gasteiger partial charge in [0, 0.05) is 18.3 Å². The molecule has 0 aliphatic heterocycles. The largest absolute Gasteiger partial charge is 0.481 e. The van der Waals surface area contributed by atoms with Gasteiger partial charge in [0.2, 0.25) is 17.7 Å². The third kappa shape index (κ3) is 10.5. The number of nitro groups is 1. The summed E-state index contributed by atoms with van der Waals surface area (Å²) in [5, 5.41) is 20.0. The summed E-state index contributed by atoms with van der Waals surface area (Å²) >= 11 is 5.72. The quantitative estimate of drug-likeness (QED) is 0.0985. The summed E-state index contributed by atoms with van der Waals surface area (Å²) in [6.07, 6.45) is -8.72. The Bertz CT molecular complexity index is 2050. The van der Waals surface area contributed by atoms with Gasteiger partial charge in [-0.3, -0.25) is 15.4 Å². The molecule has 4 rings (SSSR count). The van der Waals surface area contributed by atoms with Crippen LogP contribution in [-0.4, -0.2) is 59.6 Å². The van der Waals surface area contributed by atoms with E-state index in [9.17, 15) is 54.5 Å². The number of carboxylic acid groups (broad SMARTS) is 1. The predicted molar refractivity (Wildman–Crippen MR) is 160 cm³/mol. The van der Waals surface area contributed by atoms with Gasteiger partial charge in [0.25, 0.3) is 15.7 Å². The number of benzene rings is 2. The van der Waals surface area contributed by atoms with E-state index < -0.39 is 72.7 Å². The highest BCUT2D eigenvalue weighted by Gasteiger charge is 2.39. The Morgan fingerprint density at radius 3 is 2.08 bits per heavy atom. The lowest BCUT2D eigenvalue weighted by molar-refractivity contribution is -0.385. The lowest BCUT2D eigenvalue weighted by atomic mass is 10.1. The maximum absolute atomic E-state index is 12.9. The average Bonchev–Trinajstić information content (AvgIpc) is 3.04. The molecule has 272 valence electrons. The van der Waals surface area contributed by atoms with E-state index in [2.05, 4.69) is 15.0 Å². The summed E-state index contributed by atoms with van der Waals surface area (Å²) in [7, 11) is -2.39. The second kappa shape index (κ2) is 15.7. The van der Waals surface area contributed by atoms with Gasteiger partial charge in [0.05, 0.1) is 41.4 Å². The first-order valence-electron chi connectivity index (χ1n) is 13.1. The first-order chi connectivity index (χ1) is 23.7. The molecule has 0 aliphatic carbocycles. The van der Waals surface area contributed by atoms with Crippen molar-refractivity contribution in [3.63, 3.8) is 0 Å². The molecular formula is C27H19ClF6N6O10S. The van der Waals surface area contributed by atoms with Gasteiger partial charge in [-0.05, 0) is 36.4 Å². The van der Waals surface area contributed by atoms with E-state index >= 15 is 0 Å². The number of nitrogens with one attached hydrogen (secondary N) is 2. The molecule has 0 saturated carbocycles. The second-order valence-electron chi connectivity index (χ2n) is 9.18. The molecule has 0 aliphatic rings. The van der Waals surface area contributed by atoms with Crippen LogP contribution in [0.3, 0.4) is 0 Å². The summed E-state index contributed by atoms with van der Waals surface area (Å²) in [5.74, 6) is -2.26. The van der Waals surface area contributed by atoms with E-state index in [4.69, 9.17) is 30.9 Å². The molecule has 0 saturated heterocycles. The third-order valence-corrected chi connectivity index (χ3v) is 7.35. The van der Waals surface area contributed by atoms with E-state index in [1.807, 2.05) is 5.32 Å². The molecule has 0 radical (unpaired) electrons. The Kier molecular flexibility index (Phi) is 12.2. The van der Waals surface area contributed by atoms with Crippen molar-refractivity contribution < 1.29 is 68.6 Å². The highest BCUT2D eigenvalue weighted by atomic mass is 35.5. The smallest absolute Gasteiger partial charge is 0.419 e. The monoisotopic (exact) mass is 768 g/mol. The van der Waals surface area contributed by atoms with Crippen LogP contribution in [0.25, 0.3) is 0 Å². The lowest BCUT2D eigenvalue weighted by Gasteiger charge is -2.13. The van der Waals surface area contributed by atoms with Gasteiger partial charge < -0.3 is 19.3 Å². The van der Waals surface area contributed by atoms with Crippen molar-refractivity contribution in [3.05, 3.63) is 92.6 Å². The van der Waals surface area contributed by atoms with Crippen LogP contribution in [-0.2, 0) is 22.4 Å².